The van der Waals surface area contributed by atoms with Gasteiger partial charge in [-0.25, -0.2) is 9.97 Å². The first-order chi connectivity index (χ1) is 8.65. The molecule has 3 nitrogen and oxygen atoms in total. The number of hydrogen-bond donors (Lipinski definition) is 1. The van der Waals surface area contributed by atoms with Crippen molar-refractivity contribution in [2.24, 2.45) is 5.92 Å². The molecule has 0 aliphatic carbocycles. The van der Waals surface area contributed by atoms with E-state index in [4.69, 9.17) is 11.6 Å². The summed E-state index contributed by atoms with van der Waals surface area (Å²) in [5.74, 6) is 1.97. The number of benzene rings is 1. The van der Waals surface area contributed by atoms with Crippen molar-refractivity contribution in [1.29, 1.82) is 0 Å². The molecule has 0 fully saturated rings. The molecule has 1 N–H and O–H groups in total. The van der Waals surface area contributed by atoms with Crippen molar-refractivity contribution < 1.29 is 0 Å². The first-order valence-corrected chi connectivity index (χ1v) is 6.37. The molecule has 0 aliphatic rings. The molecule has 0 spiro atoms. The van der Waals surface area contributed by atoms with E-state index in [0.29, 0.717) is 16.9 Å². The van der Waals surface area contributed by atoms with Gasteiger partial charge in [0.1, 0.15) is 11.0 Å². The van der Waals surface area contributed by atoms with E-state index in [9.17, 15) is 0 Å². The van der Waals surface area contributed by atoms with E-state index in [0.717, 1.165) is 17.9 Å². The molecule has 0 bridgehead atoms. The standard InChI is InChI=1S/C14H16ClN3/c1-10(2)9-16-13-8-12(15)17-14(18-13)11-6-4-3-5-7-11/h3-8,10H,9H2,1-2H3,(H,16,17,18). The molecule has 1 aromatic heterocycles. The number of aromatic nitrogens is 2. The molecular formula is C14H16ClN3. The summed E-state index contributed by atoms with van der Waals surface area (Å²) in [6.45, 7) is 5.16. The van der Waals surface area contributed by atoms with Gasteiger partial charge in [0.05, 0.1) is 0 Å². The van der Waals surface area contributed by atoms with E-state index in [2.05, 4.69) is 29.1 Å². The quantitative estimate of drug-likeness (QED) is 0.849. The molecule has 0 amide bonds. The molecule has 0 aliphatic heterocycles. The van der Waals surface area contributed by atoms with Crippen LogP contribution in [-0.2, 0) is 0 Å². The van der Waals surface area contributed by atoms with E-state index < -0.39 is 0 Å². The SMILES string of the molecule is CC(C)CNc1cc(Cl)nc(-c2ccccc2)n1. The number of halogens is 1. The van der Waals surface area contributed by atoms with E-state index >= 15 is 0 Å². The van der Waals surface area contributed by atoms with Gasteiger partial charge in [-0.2, -0.15) is 0 Å². The highest BCUT2D eigenvalue weighted by atomic mass is 35.5. The van der Waals surface area contributed by atoms with Gasteiger partial charge >= 0.3 is 0 Å². The van der Waals surface area contributed by atoms with Crippen molar-refractivity contribution >= 4 is 17.4 Å². The molecule has 0 atom stereocenters. The second-order valence-corrected chi connectivity index (χ2v) is 4.93. The number of hydrogen-bond acceptors (Lipinski definition) is 3. The Labute approximate surface area is 112 Å². The monoisotopic (exact) mass is 261 g/mol. The average molecular weight is 262 g/mol. The summed E-state index contributed by atoms with van der Waals surface area (Å²) in [6.07, 6.45) is 0. The predicted molar refractivity (Wildman–Crippen MR) is 75.8 cm³/mol. The van der Waals surface area contributed by atoms with Gasteiger partial charge in [0.25, 0.3) is 0 Å². The lowest BCUT2D eigenvalue weighted by molar-refractivity contribution is 0.687. The Hall–Kier alpha value is -1.61. The molecule has 1 heterocycles. The van der Waals surface area contributed by atoms with Gasteiger partial charge in [-0.1, -0.05) is 55.8 Å². The van der Waals surface area contributed by atoms with Crippen molar-refractivity contribution in [3.8, 4) is 11.4 Å². The van der Waals surface area contributed by atoms with Gasteiger partial charge in [0.15, 0.2) is 5.82 Å². The fourth-order valence-electron chi connectivity index (χ4n) is 1.53. The molecule has 1 aromatic carbocycles. The molecule has 0 unspecified atom stereocenters. The lowest BCUT2D eigenvalue weighted by atomic mass is 10.2. The van der Waals surface area contributed by atoms with Crippen LogP contribution >= 0.6 is 11.6 Å². The van der Waals surface area contributed by atoms with E-state index in [1.807, 2.05) is 30.3 Å². The lowest BCUT2D eigenvalue weighted by Crippen LogP contribution is -2.09. The summed E-state index contributed by atoms with van der Waals surface area (Å²) in [4.78, 5) is 8.71. The molecule has 94 valence electrons. The third-order valence-corrected chi connectivity index (χ3v) is 2.61. The van der Waals surface area contributed by atoms with Gasteiger partial charge in [-0.05, 0) is 5.92 Å². The maximum Gasteiger partial charge on any atom is 0.163 e. The smallest absolute Gasteiger partial charge is 0.163 e. The van der Waals surface area contributed by atoms with Crippen LogP contribution in [-0.4, -0.2) is 16.5 Å². The van der Waals surface area contributed by atoms with Crippen molar-refractivity contribution in [1.82, 2.24) is 9.97 Å². The van der Waals surface area contributed by atoms with Crippen LogP contribution in [0.1, 0.15) is 13.8 Å². The summed E-state index contributed by atoms with van der Waals surface area (Å²) < 4.78 is 0. The normalized spacial score (nSPS) is 10.7. The number of rotatable bonds is 4. The third kappa shape index (κ3) is 3.44. The Morgan fingerprint density at radius 1 is 1.17 bits per heavy atom. The van der Waals surface area contributed by atoms with Gasteiger partial charge in [-0.3, -0.25) is 0 Å². The first-order valence-electron chi connectivity index (χ1n) is 5.99. The van der Waals surface area contributed by atoms with Gasteiger partial charge in [0, 0.05) is 18.2 Å². The van der Waals surface area contributed by atoms with Crippen molar-refractivity contribution in [3.05, 3.63) is 41.6 Å². The minimum absolute atomic E-state index is 0.454. The second kappa shape index (κ2) is 5.83. The molecule has 0 saturated carbocycles. The second-order valence-electron chi connectivity index (χ2n) is 4.54. The van der Waals surface area contributed by atoms with Crippen LogP contribution in [0.2, 0.25) is 5.15 Å². The molecule has 18 heavy (non-hydrogen) atoms. The summed E-state index contributed by atoms with van der Waals surface area (Å²) in [6, 6.07) is 11.6. The Bertz CT molecular complexity index is 512. The Morgan fingerprint density at radius 3 is 2.56 bits per heavy atom. The summed E-state index contributed by atoms with van der Waals surface area (Å²) in [5.41, 5.74) is 0.965. The number of nitrogens with one attached hydrogen (secondary N) is 1. The molecule has 2 rings (SSSR count). The maximum absolute atomic E-state index is 6.02. The maximum atomic E-state index is 6.02. The molecule has 4 heteroatoms. The highest BCUT2D eigenvalue weighted by Crippen LogP contribution is 2.20. The van der Waals surface area contributed by atoms with Gasteiger partial charge in [0.2, 0.25) is 0 Å². The molecule has 2 aromatic rings. The zero-order chi connectivity index (χ0) is 13.0. The van der Waals surface area contributed by atoms with Crippen LogP contribution in [0.15, 0.2) is 36.4 Å². The third-order valence-electron chi connectivity index (χ3n) is 2.42. The van der Waals surface area contributed by atoms with Crippen LogP contribution in [0.25, 0.3) is 11.4 Å². The molecule has 0 radical (unpaired) electrons. The zero-order valence-corrected chi connectivity index (χ0v) is 11.3. The van der Waals surface area contributed by atoms with Crippen LogP contribution in [0.5, 0.6) is 0 Å². The van der Waals surface area contributed by atoms with Crippen molar-refractivity contribution in [2.75, 3.05) is 11.9 Å². The minimum Gasteiger partial charge on any atom is -0.370 e. The summed E-state index contributed by atoms with van der Waals surface area (Å²) in [7, 11) is 0. The average Bonchev–Trinajstić information content (AvgIpc) is 2.37. The number of anilines is 1. The van der Waals surface area contributed by atoms with E-state index in [1.165, 1.54) is 0 Å². The van der Waals surface area contributed by atoms with Crippen LogP contribution in [0, 0.1) is 5.92 Å². The fourth-order valence-corrected chi connectivity index (χ4v) is 1.72. The highest BCUT2D eigenvalue weighted by molar-refractivity contribution is 6.29. The van der Waals surface area contributed by atoms with Gasteiger partial charge in [-0.15, -0.1) is 0 Å². The van der Waals surface area contributed by atoms with E-state index in [-0.39, 0.29) is 0 Å². The Morgan fingerprint density at radius 2 is 1.89 bits per heavy atom. The minimum atomic E-state index is 0.454. The Kier molecular flexibility index (Phi) is 4.15. The van der Waals surface area contributed by atoms with Gasteiger partial charge < -0.3 is 5.32 Å². The predicted octanol–water partition coefficient (Wildman–Crippen LogP) is 3.86. The number of nitrogens with zero attached hydrogens (tertiary/aromatic N) is 2. The Balaban J connectivity index is 2.27. The molecular weight excluding hydrogens is 246 g/mol. The summed E-state index contributed by atoms with van der Waals surface area (Å²) >= 11 is 6.02. The highest BCUT2D eigenvalue weighted by Gasteiger charge is 2.05. The topological polar surface area (TPSA) is 37.8 Å². The van der Waals surface area contributed by atoms with Crippen LogP contribution in [0.3, 0.4) is 0 Å². The molecule has 0 saturated heterocycles. The van der Waals surface area contributed by atoms with E-state index in [1.54, 1.807) is 6.07 Å². The van der Waals surface area contributed by atoms with Crippen LogP contribution < -0.4 is 5.32 Å². The first kappa shape index (κ1) is 12.8. The van der Waals surface area contributed by atoms with Crippen molar-refractivity contribution in [2.45, 2.75) is 13.8 Å². The van der Waals surface area contributed by atoms with Crippen molar-refractivity contribution in [3.63, 3.8) is 0 Å². The largest absolute Gasteiger partial charge is 0.370 e. The zero-order valence-electron chi connectivity index (χ0n) is 10.5. The van der Waals surface area contributed by atoms with Crippen LogP contribution in [0.4, 0.5) is 5.82 Å². The summed E-state index contributed by atoms with van der Waals surface area (Å²) in [5, 5.41) is 3.71. The lowest BCUT2D eigenvalue weighted by Gasteiger charge is -2.09. The fraction of sp³-hybridized carbons (Fsp3) is 0.286.